The van der Waals surface area contributed by atoms with Crippen molar-refractivity contribution in [1.82, 2.24) is 4.98 Å². The fraction of sp³-hybridized carbons (Fsp3) is 0. The van der Waals surface area contributed by atoms with Gasteiger partial charge < -0.3 is 5.73 Å². The van der Waals surface area contributed by atoms with Crippen LogP contribution < -0.4 is 5.73 Å². The summed E-state index contributed by atoms with van der Waals surface area (Å²) in [6, 6.07) is 1.16. The molecule has 1 aromatic heterocycles. The maximum atomic E-state index is 10.5. The van der Waals surface area contributed by atoms with Crippen LogP contribution in [0.25, 0.3) is 6.08 Å². The molecule has 0 radical (unpaired) electrons. The van der Waals surface area contributed by atoms with Crippen molar-refractivity contribution in [3.8, 4) is 0 Å². The average Bonchev–Trinajstić information content (AvgIpc) is 2.16. The number of hydrogen-bond donors (Lipinski definition) is 1. The molecule has 6 nitrogen and oxygen atoms in total. The highest BCUT2D eigenvalue weighted by atomic mass is 35.5. The summed E-state index contributed by atoms with van der Waals surface area (Å²) >= 11 is 5.66. The van der Waals surface area contributed by atoms with Gasteiger partial charge in [-0.25, -0.2) is 4.98 Å². The second-order valence-electron chi connectivity index (χ2n) is 2.53. The van der Waals surface area contributed by atoms with Gasteiger partial charge in [0.25, 0.3) is 0 Å². The van der Waals surface area contributed by atoms with Gasteiger partial charge in [-0.1, -0.05) is 11.6 Å². The molecule has 2 N–H and O–H groups in total. The fourth-order valence-electron chi connectivity index (χ4n) is 0.914. The summed E-state index contributed by atoms with van der Waals surface area (Å²) in [5.74, 6) is -0.256. The molecule has 0 aliphatic carbocycles. The van der Waals surface area contributed by atoms with Crippen LogP contribution in [0.1, 0.15) is 5.56 Å². The number of rotatable bonds is 3. The average molecular weight is 228 g/mol. The number of halogens is 1. The molecule has 0 aliphatic heterocycles. The van der Waals surface area contributed by atoms with E-state index in [1.807, 2.05) is 0 Å². The van der Waals surface area contributed by atoms with Gasteiger partial charge in [-0.15, -0.1) is 0 Å². The molecule has 0 saturated carbocycles. The van der Waals surface area contributed by atoms with Crippen LogP contribution >= 0.6 is 11.6 Å². The number of nitrogens with zero attached hydrogens (tertiary/aromatic N) is 2. The van der Waals surface area contributed by atoms with E-state index in [9.17, 15) is 14.9 Å². The quantitative estimate of drug-likeness (QED) is 0.277. The highest BCUT2D eigenvalue weighted by Gasteiger charge is 2.15. The zero-order valence-corrected chi connectivity index (χ0v) is 8.14. The molecule has 1 rings (SSSR count). The van der Waals surface area contributed by atoms with E-state index in [0.29, 0.717) is 6.29 Å². The number of hydrogen-bond acceptors (Lipinski definition) is 5. The summed E-state index contributed by atoms with van der Waals surface area (Å²) in [6.45, 7) is 0. The topological polar surface area (TPSA) is 99.1 Å². The summed E-state index contributed by atoms with van der Waals surface area (Å²) in [4.78, 5) is 23.5. The number of aromatic nitrogens is 1. The first kappa shape index (κ1) is 11.1. The summed E-state index contributed by atoms with van der Waals surface area (Å²) in [5.41, 5.74) is 5.21. The Morgan fingerprint density at radius 1 is 1.60 bits per heavy atom. The van der Waals surface area contributed by atoms with Crippen LogP contribution in [0, 0.1) is 10.1 Å². The van der Waals surface area contributed by atoms with Gasteiger partial charge in [-0.3, -0.25) is 14.9 Å². The molecule has 78 valence electrons. The number of carbonyl (C=O) groups excluding carboxylic acids is 1. The normalized spacial score (nSPS) is 10.5. The molecule has 0 amide bonds. The van der Waals surface area contributed by atoms with E-state index in [2.05, 4.69) is 4.98 Å². The van der Waals surface area contributed by atoms with E-state index in [0.717, 1.165) is 12.1 Å². The molecule has 0 fully saturated rings. The van der Waals surface area contributed by atoms with Crippen molar-refractivity contribution in [2.24, 2.45) is 0 Å². The molecule has 0 aromatic carbocycles. The van der Waals surface area contributed by atoms with Crippen LogP contribution in [0.15, 0.2) is 12.1 Å². The molecular formula is C8H6ClN3O3. The van der Waals surface area contributed by atoms with E-state index in [1.165, 1.54) is 6.08 Å². The second kappa shape index (κ2) is 4.52. The van der Waals surface area contributed by atoms with Gasteiger partial charge in [-0.2, -0.15) is 0 Å². The molecular weight excluding hydrogens is 222 g/mol. The lowest BCUT2D eigenvalue weighted by atomic mass is 10.2. The zero-order chi connectivity index (χ0) is 11.4. The monoisotopic (exact) mass is 227 g/mol. The SMILES string of the molecule is Nc1nc(Cl)c(C=CC=O)cc1[N+](=O)[O-]. The number of nitrogens with two attached hydrogens (primary N) is 1. The molecule has 7 heteroatoms. The Morgan fingerprint density at radius 2 is 2.27 bits per heavy atom. The first-order valence-corrected chi connectivity index (χ1v) is 4.16. The molecule has 0 atom stereocenters. The Morgan fingerprint density at radius 3 is 2.80 bits per heavy atom. The highest BCUT2D eigenvalue weighted by Crippen LogP contribution is 2.26. The van der Waals surface area contributed by atoms with Crippen LogP contribution in [0.3, 0.4) is 0 Å². The van der Waals surface area contributed by atoms with Crippen LogP contribution in [-0.2, 0) is 4.79 Å². The molecule has 0 saturated heterocycles. The minimum atomic E-state index is -0.670. The fourth-order valence-corrected chi connectivity index (χ4v) is 1.12. The highest BCUT2D eigenvalue weighted by molar-refractivity contribution is 6.31. The summed E-state index contributed by atoms with van der Waals surface area (Å²) in [7, 11) is 0. The maximum Gasteiger partial charge on any atom is 0.311 e. The molecule has 0 spiro atoms. The number of nitrogen functional groups attached to an aromatic ring is 1. The molecule has 1 heterocycles. The summed E-state index contributed by atoms with van der Waals surface area (Å²) in [6.07, 6.45) is 3.00. The van der Waals surface area contributed by atoms with E-state index < -0.39 is 4.92 Å². The smallest absolute Gasteiger partial charge is 0.311 e. The Bertz CT molecular complexity index is 445. The van der Waals surface area contributed by atoms with Gasteiger partial charge in [0.1, 0.15) is 11.4 Å². The van der Waals surface area contributed by atoms with E-state index >= 15 is 0 Å². The second-order valence-corrected chi connectivity index (χ2v) is 2.88. The Kier molecular flexibility index (Phi) is 3.35. The molecule has 0 aliphatic rings. The third kappa shape index (κ3) is 2.50. The lowest BCUT2D eigenvalue weighted by Gasteiger charge is -2.00. The van der Waals surface area contributed by atoms with Crippen molar-refractivity contribution in [2.75, 3.05) is 5.73 Å². The largest absolute Gasteiger partial charge is 0.378 e. The molecule has 0 bridgehead atoms. The first-order chi connectivity index (χ1) is 7.06. The number of carbonyl (C=O) groups is 1. The van der Waals surface area contributed by atoms with E-state index in [-0.39, 0.29) is 22.2 Å². The van der Waals surface area contributed by atoms with Gasteiger partial charge in [0.2, 0.25) is 5.82 Å². The van der Waals surface area contributed by atoms with E-state index in [4.69, 9.17) is 17.3 Å². The van der Waals surface area contributed by atoms with Gasteiger partial charge in [-0.05, 0) is 12.2 Å². The first-order valence-electron chi connectivity index (χ1n) is 3.78. The number of allylic oxidation sites excluding steroid dienone is 1. The lowest BCUT2D eigenvalue weighted by molar-refractivity contribution is -0.384. The van der Waals surface area contributed by atoms with Crippen molar-refractivity contribution in [2.45, 2.75) is 0 Å². The van der Waals surface area contributed by atoms with Crippen LogP contribution in [0.5, 0.6) is 0 Å². The summed E-state index contributed by atoms with van der Waals surface area (Å²) < 4.78 is 0. The Balaban J connectivity index is 3.29. The Labute approximate surface area is 89.5 Å². The molecule has 1 aromatic rings. The minimum Gasteiger partial charge on any atom is -0.378 e. The van der Waals surface area contributed by atoms with Crippen molar-refractivity contribution >= 4 is 35.5 Å². The van der Waals surface area contributed by atoms with Gasteiger partial charge in [0, 0.05) is 11.6 Å². The number of pyridine rings is 1. The van der Waals surface area contributed by atoms with Crippen LogP contribution in [-0.4, -0.2) is 16.2 Å². The predicted molar refractivity (Wildman–Crippen MR) is 55.4 cm³/mol. The van der Waals surface area contributed by atoms with Crippen LogP contribution in [0.4, 0.5) is 11.5 Å². The maximum absolute atomic E-state index is 10.5. The predicted octanol–water partition coefficient (Wildman–Crippen LogP) is 1.44. The van der Waals surface area contributed by atoms with E-state index in [1.54, 1.807) is 0 Å². The zero-order valence-electron chi connectivity index (χ0n) is 7.38. The number of anilines is 1. The Hall–Kier alpha value is -1.95. The standard InChI is InChI=1S/C8H6ClN3O3/c9-7-5(2-1-3-13)4-6(12(14)15)8(10)11-7/h1-4H,(H2,10,11). The van der Waals surface area contributed by atoms with Crippen LogP contribution in [0.2, 0.25) is 5.15 Å². The van der Waals surface area contributed by atoms with Gasteiger partial charge in [0.05, 0.1) is 4.92 Å². The van der Waals surface area contributed by atoms with Gasteiger partial charge >= 0.3 is 5.69 Å². The van der Waals surface area contributed by atoms with Crippen molar-refractivity contribution in [1.29, 1.82) is 0 Å². The number of aldehydes is 1. The minimum absolute atomic E-state index is 0.0104. The van der Waals surface area contributed by atoms with Crippen molar-refractivity contribution in [3.63, 3.8) is 0 Å². The third-order valence-corrected chi connectivity index (χ3v) is 1.87. The summed E-state index contributed by atoms with van der Waals surface area (Å²) in [5, 5.41) is 10.5. The third-order valence-electron chi connectivity index (χ3n) is 1.56. The molecule has 0 unspecified atom stereocenters. The van der Waals surface area contributed by atoms with Crippen molar-refractivity contribution in [3.05, 3.63) is 33.0 Å². The lowest BCUT2D eigenvalue weighted by Crippen LogP contribution is -1.99. The number of nitro groups is 1. The molecule has 15 heavy (non-hydrogen) atoms. The van der Waals surface area contributed by atoms with Crippen molar-refractivity contribution < 1.29 is 9.72 Å². The van der Waals surface area contributed by atoms with Gasteiger partial charge in [0.15, 0.2) is 0 Å².